The van der Waals surface area contributed by atoms with E-state index in [1.54, 1.807) is 12.1 Å². The first-order chi connectivity index (χ1) is 6.74. The van der Waals surface area contributed by atoms with Crippen LogP contribution in [0.4, 0.5) is 4.39 Å². The summed E-state index contributed by atoms with van der Waals surface area (Å²) in [6.07, 6.45) is 0.875. The second-order valence-electron chi connectivity index (χ2n) is 3.72. The normalized spacial score (nSPS) is 24.9. The number of hydrogen-bond acceptors (Lipinski definition) is 2. The minimum absolute atomic E-state index is 0. The minimum Gasteiger partial charge on any atom is -0.361 e. The Morgan fingerprint density at radius 3 is 2.60 bits per heavy atom. The Labute approximate surface area is 95.2 Å². The Kier molecular flexibility index (Phi) is 4.51. The third-order valence-corrected chi connectivity index (χ3v) is 2.35. The summed E-state index contributed by atoms with van der Waals surface area (Å²) in [4.78, 5) is 0. The van der Waals surface area contributed by atoms with Gasteiger partial charge in [0.25, 0.3) is 0 Å². The molecule has 2 nitrogen and oxygen atoms in total. The molecule has 0 aliphatic carbocycles. The van der Waals surface area contributed by atoms with E-state index in [4.69, 9.17) is 4.74 Å². The molecule has 84 valence electrons. The summed E-state index contributed by atoms with van der Waals surface area (Å²) in [5.74, 6) is -0.192. The molecule has 1 saturated heterocycles. The largest absolute Gasteiger partial charge is 0.361 e. The Bertz CT molecular complexity index is 304. The molecule has 0 radical (unpaired) electrons. The van der Waals surface area contributed by atoms with Crippen LogP contribution >= 0.6 is 12.4 Å². The Morgan fingerprint density at radius 1 is 1.40 bits per heavy atom. The lowest BCUT2D eigenvalue weighted by molar-refractivity contribution is 0.101. The van der Waals surface area contributed by atoms with E-state index in [0.717, 1.165) is 18.6 Å². The molecule has 15 heavy (non-hydrogen) atoms. The van der Waals surface area contributed by atoms with Crippen molar-refractivity contribution in [1.82, 2.24) is 5.32 Å². The van der Waals surface area contributed by atoms with Gasteiger partial charge >= 0.3 is 0 Å². The van der Waals surface area contributed by atoms with Gasteiger partial charge in [-0.1, -0.05) is 12.1 Å². The highest BCUT2D eigenvalue weighted by molar-refractivity contribution is 5.85. The molecule has 2 unspecified atom stereocenters. The van der Waals surface area contributed by atoms with Gasteiger partial charge < -0.3 is 4.74 Å². The minimum atomic E-state index is -0.192. The summed E-state index contributed by atoms with van der Waals surface area (Å²) in [5.41, 5.74) is 1.10. The van der Waals surface area contributed by atoms with Crippen molar-refractivity contribution in [1.29, 1.82) is 0 Å². The van der Waals surface area contributed by atoms with Crippen LogP contribution in [0.5, 0.6) is 0 Å². The average molecular weight is 232 g/mol. The van der Waals surface area contributed by atoms with Gasteiger partial charge in [-0.15, -0.1) is 12.4 Å². The molecule has 1 fully saturated rings. The molecule has 0 aromatic heterocycles. The first-order valence-corrected chi connectivity index (χ1v) is 4.86. The fraction of sp³-hybridized carbons (Fsp3) is 0.455. The molecule has 1 aromatic carbocycles. The summed E-state index contributed by atoms with van der Waals surface area (Å²) in [7, 11) is 0. The van der Waals surface area contributed by atoms with Gasteiger partial charge in [0.1, 0.15) is 12.0 Å². The molecule has 0 bridgehead atoms. The lowest BCUT2D eigenvalue weighted by Gasteiger charge is -2.10. The van der Waals surface area contributed by atoms with E-state index >= 15 is 0 Å². The van der Waals surface area contributed by atoms with Crippen molar-refractivity contribution in [2.75, 3.05) is 6.61 Å². The first kappa shape index (κ1) is 12.4. The molecule has 1 heterocycles. The smallest absolute Gasteiger partial charge is 0.123 e. The van der Waals surface area contributed by atoms with Gasteiger partial charge in [-0.2, -0.15) is 0 Å². The van der Waals surface area contributed by atoms with Crippen LogP contribution in [0.1, 0.15) is 12.5 Å². The zero-order valence-corrected chi connectivity index (χ0v) is 9.39. The Balaban J connectivity index is 0.00000112. The van der Waals surface area contributed by atoms with Crippen LogP contribution in [-0.4, -0.2) is 18.9 Å². The van der Waals surface area contributed by atoms with Crippen molar-refractivity contribution in [3.05, 3.63) is 35.6 Å². The van der Waals surface area contributed by atoms with Crippen LogP contribution in [0, 0.1) is 5.82 Å². The van der Waals surface area contributed by atoms with Crippen LogP contribution < -0.4 is 5.32 Å². The van der Waals surface area contributed by atoms with E-state index in [1.807, 2.05) is 0 Å². The lowest BCUT2D eigenvalue weighted by Crippen LogP contribution is -2.29. The Morgan fingerprint density at radius 2 is 2.07 bits per heavy atom. The Hall–Kier alpha value is -0.640. The SMILES string of the molecule is CC1COC(Cc2ccc(F)cc2)N1.Cl. The molecule has 1 aliphatic heterocycles. The van der Waals surface area contributed by atoms with E-state index in [1.165, 1.54) is 12.1 Å². The molecular weight excluding hydrogens is 217 g/mol. The number of nitrogens with one attached hydrogen (secondary N) is 1. The van der Waals surface area contributed by atoms with Crippen LogP contribution in [0.2, 0.25) is 0 Å². The van der Waals surface area contributed by atoms with Crippen molar-refractivity contribution in [2.45, 2.75) is 25.6 Å². The molecule has 0 amide bonds. The van der Waals surface area contributed by atoms with E-state index in [9.17, 15) is 4.39 Å². The molecule has 1 N–H and O–H groups in total. The highest BCUT2D eigenvalue weighted by Gasteiger charge is 2.20. The predicted molar refractivity (Wildman–Crippen MR) is 59.7 cm³/mol. The van der Waals surface area contributed by atoms with E-state index in [-0.39, 0.29) is 24.5 Å². The summed E-state index contributed by atoms with van der Waals surface area (Å²) < 4.78 is 18.1. The number of benzene rings is 1. The molecule has 4 heteroatoms. The van der Waals surface area contributed by atoms with Crippen LogP contribution in [0.3, 0.4) is 0 Å². The standard InChI is InChI=1S/C11H14FNO.ClH/c1-8-7-14-11(13-8)6-9-2-4-10(12)5-3-9;/h2-5,8,11,13H,6-7H2,1H3;1H. The van der Waals surface area contributed by atoms with E-state index in [2.05, 4.69) is 12.2 Å². The van der Waals surface area contributed by atoms with Gasteiger partial charge in [0.05, 0.1) is 6.61 Å². The number of hydrogen-bond donors (Lipinski definition) is 1. The molecule has 1 aromatic rings. The number of rotatable bonds is 2. The topological polar surface area (TPSA) is 21.3 Å². The molecule has 2 rings (SSSR count). The quantitative estimate of drug-likeness (QED) is 0.842. The third kappa shape index (κ3) is 3.45. The van der Waals surface area contributed by atoms with Gasteiger partial charge in [-0.05, 0) is 24.6 Å². The molecule has 0 spiro atoms. The maximum absolute atomic E-state index is 12.6. The third-order valence-electron chi connectivity index (χ3n) is 2.35. The monoisotopic (exact) mass is 231 g/mol. The zero-order valence-electron chi connectivity index (χ0n) is 8.57. The van der Waals surface area contributed by atoms with Crippen molar-refractivity contribution in [3.8, 4) is 0 Å². The summed E-state index contributed by atoms with van der Waals surface area (Å²) >= 11 is 0. The molecule has 2 atom stereocenters. The fourth-order valence-corrected chi connectivity index (χ4v) is 1.63. The molecule has 0 saturated carbocycles. The van der Waals surface area contributed by atoms with Crippen molar-refractivity contribution >= 4 is 12.4 Å². The summed E-state index contributed by atoms with van der Waals surface area (Å²) in [5, 5.41) is 3.30. The highest BCUT2D eigenvalue weighted by Crippen LogP contribution is 2.10. The van der Waals surface area contributed by atoms with Crippen LogP contribution in [0.25, 0.3) is 0 Å². The van der Waals surface area contributed by atoms with Gasteiger partial charge in [0, 0.05) is 12.5 Å². The second-order valence-corrected chi connectivity index (χ2v) is 3.72. The zero-order chi connectivity index (χ0) is 9.97. The average Bonchev–Trinajstić information content (AvgIpc) is 2.56. The lowest BCUT2D eigenvalue weighted by atomic mass is 10.1. The van der Waals surface area contributed by atoms with E-state index < -0.39 is 0 Å². The van der Waals surface area contributed by atoms with Gasteiger partial charge in [0.2, 0.25) is 0 Å². The van der Waals surface area contributed by atoms with Crippen LogP contribution in [-0.2, 0) is 11.2 Å². The van der Waals surface area contributed by atoms with Gasteiger partial charge in [0.15, 0.2) is 0 Å². The van der Waals surface area contributed by atoms with Crippen molar-refractivity contribution < 1.29 is 9.13 Å². The predicted octanol–water partition coefficient (Wildman–Crippen LogP) is 2.12. The summed E-state index contributed by atoms with van der Waals surface area (Å²) in [6, 6.07) is 6.97. The molecular formula is C11H15ClFNO. The number of ether oxygens (including phenoxy) is 1. The van der Waals surface area contributed by atoms with Crippen molar-refractivity contribution in [3.63, 3.8) is 0 Å². The second kappa shape index (κ2) is 5.45. The maximum atomic E-state index is 12.6. The van der Waals surface area contributed by atoms with E-state index in [0.29, 0.717) is 6.04 Å². The summed E-state index contributed by atoms with van der Waals surface area (Å²) in [6.45, 7) is 2.84. The van der Waals surface area contributed by atoms with Crippen LogP contribution in [0.15, 0.2) is 24.3 Å². The molecule has 1 aliphatic rings. The first-order valence-electron chi connectivity index (χ1n) is 4.86. The maximum Gasteiger partial charge on any atom is 0.123 e. The van der Waals surface area contributed by atoms with Gasteiger partial charge in [-0.3, -0.25) is 5.32 Å². The van der Waals surface area contributed by atoms with Gasteiger partial charge in [-0.25, -0.2) is 4.39 Å². The fourth-order valence-electron chi connectivity index (χ4n) is 1.63. The van der Waals surface area contributed by atoms with Crippen molar-refractivity contribution in [2.24, 2.45) is 0 Å². The highest BCUT2D eigenvalue weighted by atomic mass is 35.5. The number of halogens is 2.